The van der Waals surface area contributed by atoms with Gasteiger partial charge in [0.1, 0.15) is 13.2 Å². The highest BCUT2D eigenvalue weighted by molar-refractivity contribution is 7.79. The first-order valence-corrected chi connectivity index (χ1v) is 6.15. The molecule has 7 nitrogen and oxygen atoms in total. The van der Waals surface area contributed by atoms with E-state index in [1.165, 1.54) is 6.08 Å². The summed E-state index contributed by atoms with van der Waals surface area (Å²) in [4.78, 5) is 10.8. The van der Waals surface area contributed by atoms with Crippen molar-refractivity contribution in [2.24, 2.45) is 0 Å². The van der Waals surface area contributed by atoms with Crippen molar-refractivity contribution < 1.29 is 31.5 Å². The summed E-state index contributed by atoms with van der Waals surface area (Å²) in [6.07, 6.45) is 3.10. The summed E-state index contributed by atoms with van der Waals surface area (Å²) < 4.78 is 37.3. The molecular weight excluding hydrogens is 250 g/mol. The molecule has 0 aromatic heterocycles. The molecule has 0 heterocycles. The Morgan fingerprint density at radius 2 is 1.71 bits per heavy atom. The molecule has 0 aliphatic rings. The van der Waals surface area contributed by atoms with Crippen molar-refractivity contribution >= 4 is 16.4 Å². The maximum atomic E-state index is 10.8. The number of ether oxygens (including phenoxy) is 1. The van der Waals surface area contributed by atoms with Crippen LogP contribution in [0.4, 0.5) is 0 Å². The minimum absolute atomic E-state index is 0.258. The molecule has 0 fully saturated rings. The number of quaternary nitrogens is 1. The van der Waals surface area contributed by atoms with E-state index >= 15 is 0 Å². The minimum atomic E-state index is -4.67. The standard InChI is InChI=1S/C9H18NO2.H2O4S/c1-5-6-9(11)12-8-7-10(2,3)4;1-5(2,3)4/h5-6H,7-8H2,1-4H3;(H2,1,2,3,4)/q+1;. The number of hydrogen-bond acceptors (Lipinski definition) is 4. The fraction of sp³-hybridized carbons (Fsp3) is 0.667. The number of rotatable bonds is 4. The Bertz CT molecular complexity index is 333. The summed E-state index contributed by atoms with van der Waals surface area (Å²) in [5.74, 6) is -0.258. The van der Waals surface area contributed by atoms with E-state index in [4.69, 9.17) is 22.3 Å². The van der Waals surface area contributed by atoms with Gasteiger partial charge in [-0.25, -0.2) is 4.79 Å². The van der Waals surface area contributed by atoms with Crippen molar-refractivity contribution in [3.05, 3.63) is 12.2 Å². The van der Waals surface area contributed by atoms with Gasteiger partial charge in [0, 0.05) is 6.08 Å². The number of carbonyl (C=O) groups is 1. The van der Waals surface area contributed by atoms with E-state index in [0.717, 1.165) is 11.0 Å². The lowest BCUT2D eigenvalue weighted by Gasteiger charge is -2.23. The molecule has 0 amide bonds. The van der Waals surface area contributed by atoms with Gasteiger partial charge in [-0.2, -0.15) is 8.42 Å². The maximum Gasteiger partial charge on any atom is 0.394 e. The SMILES string of the molecule is CC=CC(=O)OCC[N+](C)(C)C.O=S(=O)(O)O. The van der Waals surface area contributed by atoms with E-state index in [9.17, 15) is 4.79 Å². The predicted octanol–water partition coefficient (Wildman–Crippen LogP) is 0.159. The molecule has 0 aromatic carbocycles. The predicted molar refractivity (Wildman–Crippen MR) is 62.8 cm³/mol. The number of esters is 1. The molecule has 102 valence electrons. The van der Waals surface area contributed by atoms with Crippen molar-refractivity contribution in [3.8, 4) is 0 Å². The topological polar surface area (TPSA) is 101 Å². The van der Waals surface area contributed by atoms with Crippen LogP contribution in [0.5, 0.6) is 0 Å². The molecule has 17 heavy (non-hydrogen) atoms. The third-order valence-corrected chi connectivity index (χ3v) is 1.31. The average molecular weight is 270 g/mol. The zero-order valence-electron chi connectivity index (χ0n) is 10.5. The molecule has 0 saturated carbocycles. The summed E-state index contributed by atoms with van der Waals surface area (Å²) >= 11 is 0. The summed E-state index contributed by atoms with van der Waals surface area (Å²) in [5.41, 5.74) is 0. The summed E-state index contributed by atoms with van der Waals surface area (Å²) in [6.45, 7) is 3.11. The zero-order valence-corrected chi connectivity index (χ0v) is 11.3. The van der Waals surface area contributed by atoms with Gasteiger partial charge in [-0.15, -0.1) is 0 Å². The average Bonchev–Trinajstić information content (AvgIpc) is 1.98. The van der Waals surface area contributed by atoms with Crippen LogP contribution in [-0.4, -0.2) is 62.3 Å². The van der Waals surface area contributed by atoms with Crippen LogP contribution in [0.1, 0.15) is 6.92 Å². The maximum absolute atomic E-state index is 10.8. The highest BCUT2D eigenvalue weighted by Gasteiger charge is 2.07. The first-order chi connectivity index (χ1) is 7.45. The molecule has 2 N–H and O–H groups in total. The molecule has 0 bridgehead atoms. The lowest BCUT2D eigenvalue weighted by atomic mass is 10.5. The van der Waals surface area contributed by atoms with Crippen molar-refractivity contribution in [1.29, 1.82) is 0 Å². The van der Waals surface area contributed by atoms with Crippen molar-refractivity contribution in [2.45, 2.75) is 6.92 Å². The van der Waals surface area contributed by atoms with Gasteiger partial charge in [0.15, 0.2) is 0 Å². The Morgan fingerprint density at radius 1 is 1.29 bits per heavy atom. The van der Waals surface area contributed by atoms with Crippen LogP contribution in [0, 0.1) is 0 Å². The summed E-state index contributed by atoms with van der Waals surface area (Å²) in [7, 11) is 1.51. The number of nitrogens with zero attached hydrogens (tertiary/aromatic N) is 1. The van der Waals surface area contributed by atoms with Gasteiger partial charge in [0.05, 0.1) is 21.1 Å². The second-order valence-electron chi connectivity index (χ2n) is 4.13. The minimum Gasteiger partial charge on any atom is -0.457 e. The van der Waals surface area contributed by atoms with E-state index in [-0.39, 0.29) is 5.97 Å². The molecule has 0 saturated heterocycles. The van der Waals surface area contributed by atoms with Crippen molar-refractivity contribution in [2.75, 3.05) is 34.3 Å². The zero-order chi connectivity index (χ0) is 14.1. The van der Waals surface area contributed by atoms with Crippen LogP contribution in [0.25, 0.3) is 0 Å². The molecule has 0 aliphatic heterocycles. The van der Waals surface area contributed by atoms with Crippen molar-refractivity contribution in [3.63, 3.8) is 0 Å². The van der Waals surface area contributed by atoms with Crippen LogP contribution in [0.15, 0.2) is 12.2 Å². The van der Waals surface area contributed by atoms with Gasteiger partial charge in [0.2, 0.25) is 0 Å². The third-order valence-electron chi connectivity index (χ3n) is 1.31. The Kier molecular flexibility index (Phi) is 8.85. The Balaban J connectivity index is 0. The Hall–Kier alpha value is -0.960. The molecule has 0 aliphatic carbocycles. The normalized spacial score (nSPS) is 11.9. The summed E-state index contributed by atoms with van der Waals surface area (Å²) in [6, 6.07) is 0. The molecule has 8 heteroatoms. The van der Waals surface area contributed by atoms with Gasteiger partial charge in [0.25, 0.3) is 0 Å². The van der Waals surface area contributed by atoms with Gasteiger partial charge in [-0.3, -0.25) is 9.11 Å². The van der Waals surface area contributed by atoms with Crippen LogP contribution >= 0.6 is 0 Å². The number of allylic oxidation sites excluding steroid dienone is 1. The van der Waals surface area contributed by atoms with Gasteiger partial charge in [-0.1, -0.05) is 6.08 Å². The highest BCUT2D eigenvalue weighted by atomic mass is 32.3. The van der Waals surface area contributed by atoms with Gasteiger partial charge < -0.3 is 9.22 Å². The van der Waals surface area contributed by atoms with Crippen LogP contribution < -0.4 is 0 Å². The largest absolute Gasteiger partial charge is 0.457 e. The Morgan fingerprint density at radius 3 is 2.00 bits per heavy atom. The molecule has 0 spiro atoms. The van der Waals surface area contributed by atoms with E-state index in [1.54, 1.807) is 13.0 Å². The smallest absolute Gasteiger partial charge is 0.394 e. The second-order valence-corrected chi connectivity index (χ2v) is 5.02. The molecular formula is C9H20NO6S+. The van der Waals surface area contributed by atoms with Crippen LogP contribution in [-0.2, 0) is 19.9 Å². The van der Waals surface area contributed by atoms with Crippen LogP contribution in [0.3, 0.4) is 0 Å². The fourth-order valence-electron chi connectivity index (χ4n) is 0.604. The monoisotopic (exact) mass is 270 g/mol. The quantitative estimate of drug-likeness (QED) is 0.326. The number of carbonyl (C=O) groups excluding carboxylic acids is 1. The first-order valence-electron chi connectivity index (χ1n) is 4.75. The number of likely N-dealkylation sites (N-methyl/N-ethyl adjacent to an activating group) is 1. The lowest BCUT2D eigenvalue weighted by molar-refractivity contribution is -0.870. The highest BCUT2D eigenvalue weighted by Crippen LogP contribution is 1.90. The molecule has 0 aromatic rings. The second kappa shape index (κ2) is 8.18. The molecule has 0 rings (SSSR count). The lowest BCUT2D eigenvalue weighted by Crippen LogP contribution is -2.37. The van der Waals surface area contributed by atoms with E-state index in [2.05, 4.69) is 21.1 Å². The van der Waals surface area contributed by atoms with Gasteiger partial charge >= 0.3 is 16.4 Å². The van der Waals surface area contributed by atoms with E-state index in [0.29, 0.717) is 6.61 Å². The molecule has 0 unspecified atom stereocenters. The third kappa shape index (κ3) is 31.3. The molecule has 0 atom stereocenters. The Labute approximate surface area is 102 Å². The van der Waals surface area contributed by atoms with E-state index < -0.39 is 10.4 Å². The van der Waals surface area contributed by atoms with Crippen LogP contribution in [0.2, 0.25) is 0 Å². The fourth-order valence-corrected chi connectivity index (χ4v) is 0.604. The number of hydrogen-bond donors (Lipinski definition) is 2. The van der Waals surface area contributed by atoms with E-state index in [1.807, 2.05) is 0 Å². The summed E-state index contributed by atoms with van der Waals surface area (Å²) in [5, 5.41) is 0. The van der Waals surface area contributed by atoms with Crippen molar-refractivity contribution in [1.82, 2.24) is 0 Å². The first kappa shape index (κ1) is 18.4. The molecule has 0 radical (unpaired) electrons. The van der Waals surface area contributed by atoms with Gasteiger partial charge in [-0.05, 0) is 6.92 Å².